The first-order chi connectivity index (χ1) is 9.19. The van der Waals surface area contributed by atoms with E-state index < -0.39 is 29.2 Å². The molecule has 0 bridgehead atoms. The molecule has 1 amide bonds. The maximum absolute atomic E-state index is 13.1. The lowest BCUT2D eigenvalue weighted by molar-refractivity contribution is -0.131. The first kappa shape index (κ1) is 16.6. The van der Waals surface area contributed by atoms with Crippen molar-refractivity contribution >= 4 is 5.91 Å². The molecule has 1 rings (SSSR count). The Morgan fingerprint density at radius 3 is 2.45 bits per heavy atom. The molecule has 20 heavy (non-hydrogen) atoms. The highest BCUT2D eigenvalue weighted by Crippen LogP contribution is 2.23. The molecular formula is C15H21F2NO2. The van der Waals surface area contributed by atoms with Gasteiger partial charge < -0.3 is 10.4 Å². The predicted molar refractivity (Wildman–Crippen MR) is 73.0 cm³/mol. The summed E-state index contributed by atoms with van der Waals surface area (Å²) in [5.41, 5.74) is -0.312. The van der Waals surface area contributed by atoms with E-state index in [2.05, 4.69) is 5.32 Å². The molecule has 0 fully saturated rings. The first-order valence-corrected chi connectivity index (χ1v) is 6.63. The van der Waals surface area contributed by atoms with Crippen LogP contribution in [0.2, 0.25) is 0 Å². The fourth-order valence-corrected chi connectivity index (χ4v) is 1.63. The minimum atomic E-state index is -1.10. The monoisotopic (exact) mass is 285 g/mol. The molecule has 112 valence electrons. The summed E-state index contributed by atoms with van der Waals surface area (Å²) in [5.74, 6) is -2.17. The van der Waals surface area contributed by atoms with Crippen molar-refractivity contribution in [1.29, 1.82) is 0 Å². The maximum atomic E-state index is 13.1. The van der Waals surface area contributed by atoms with Crippen LogP contribution < -0.4 is 5.32 Å². The van der Waals surface area contributed by atoms with Crippen LogP contribution in [0.1, 0.15) is 45.8 Å². The zero-order chi connectivity index (χ0) is 15.5. The zero-order valence-corrected chi connectivity index (χ0v) is 12.2. The van der Waals surface area contributed by atoms with Gasteiger partial charge in [-0.25, -0.2) is 8.78 Å². The fraction of sp³-hybridized carbons (Fsp3) is 0.533. The molecule has 2 atom stereocenters. The SMILES string of the molecule is CCC(C)(C)C(=O)N[C@@H](C)[C@H](O)c1ccc(F)c(F)c1. The van der Waals surface area contributed by atoms with Crippen LogP contribution in [0.15, 0.2) is 18.2 Å². The second kappa shape index (κ2) is 6.31. The molecule has 1 aromatic rings. The van der Waals surface area contributed by atoms with E-state index in [4.69, 9.17) is 0 Å². The fourth-order valence-electron chi connectivity index (χ4n) is 1.63. The Labute approximate surface area is 118 Å². The summed E-state index contributed by atoms with van der Waals surface area (Å²) in [5, 5.41) is 12.8. The molecule has 5 heteroatoms. The molecule has 0 saturated heterocycles. The average molecular weight is 285 g/mol. The zero-order valence-electron chi connectivity index (χ0n) is 12.2. The standard InChI is InChI=1S/C15H21F2NO2/c1-5-15(3,4)14(20)18-9(2)13(19)10-6-7-11(16)12(17)8-10/h6-9,13,19H,5H2,1-4H3,(H,18,20)/t9-,13-/m0/s1. The van der Waals surface area contributed by atoms with E-state index in [9.17, 15) is 18.7 Å². The Hall–Kier alpha value is -1.49. The lowest BCUT2D eigenvalue weighted by Gasteiger charge is -2.27. The van der Waals surface area contributed by atoms with E-state index >= 15 is 0 Å². The third kappa shape index (κ3) is 3.76. The van der Waals surface area contributed by atoms with Gasteiger partial charge in [0.2, 0.25) is 5.91 Å². The van der Waals surface area contributed by atoms with Crippen molar-refractivity contribution in [2.45, 2.75) is 46.3 Å². The summed E-state index contributed by atoms with van der Waals surface area (Å²) < 4.78 is 26.0. The number of aliphatic hydroxyl groups excluding tert-OH is 1. The van der Waals surface area contributed by atoms with E-state index in [1.165, 1.54) is 6.07 Å². The Kier molecular flexibility index (Phi) is 5.22. The Morgan fingerprint density at radius 1 is 1.35 bits per heavy atom. The van der Waals surface area contributed by atoms with Gasteiger partial charge in [-0.3, -0.25) is 4.79 Å². The van der Waals surface area contributed by atoms with Gasteiger partial charge in [-0.1, -0.05) is 26.8 Å². The van der Waals surface area contributed by atoms with Crippen molar-refractivity contribution in [3.8, 4) is 0 Å². The largest absolute Gasteiger partial charge is 0.386 e. The molecule has 0 aliphatic heterocycles. The maximum Gasteiger partial charge on any atom is 0.225 e. The van der Waals surface area contributed by atoms with E-state index in [1.54, 1.807) is 20.8 Å². The van der Waals surface area contributed by atoms with Gasteiger partial charge in [0.1, 0.15) is 0 Å². The van der Waals surface area contributed by atoms with Gasteiger partial charge in [-0.2, -0.15) is 0 Å². The lowest BCUT2D eigenvalue weighted by Crippen LogP contribution is -2.44. The van der Waals surface area contributed by atoms with Crippen LogP contribution in [0.25, 0.3) is 0 Å². The molecule has 0 aromatic heterocycles. The summed E-state index contributed by atoms with van der Waals surface area (Å²) in [6.07, 6.45) is -0.436. The third-order valence-corrected chi connectivity index (χ3v) is 3.62. The molecule has 2 N–H and O–H groups in total. The van der Waals surface area contributed by atoms with Crippen LogP contribution >= 0.6 is 0 Å². The number of benzene rings is 1. The average Bonchev–Trinajstić information content (AvgIpc) is 2.40. The molecule has 1 aromatic carbocycles. The van der Waals surface area contributed by atoms with Gasteiger partial charge in [0, 0.05) is 5.41 Å². The molecule has 0 saturated carbocycles. The Balaban J connectivity index is 2.79. The number of hydrogen-bond acceptors (Lipinski definition) is 2. The third-order valence-electron chi connectivity index (χ3n) is 3.62. The molecule has 3 nitrogen and oxygen atoms in total. The lowest BCUT2D eigenvalue weighted by atomic mass is 9.88. The normalized spacial score (nSPS) is 14.8. The van der Waals surface area contributed by atoms with E-state index in [1.807, 2.05) is 6.92 Å². The highest BCUT2D eigenvalue weighted by Gasteiger charge is 2.28. The van der Waals surface area contributed by atoms with Crippen LogP contribution in [0, 0.1) is 17.0 Å². The topological polar surface area (TPSA) is 49.3 Å². The summed E-state index contributed by atoms with van der Waals surface area (Å²) in [6, 6.07) is 2.60. The number of halogens is 2. The number of amides is 1. The van der Waals surface area contributed by atoms with Crippen molar-refractivity contribution in [2.24, 2.45) is 5.41 Å². The minimum Gasteiger partial charge on any atom is -0.386 e. The van der Waals surface area contributed by atoms with Gasteiger partial charge >= 0.3 is 0 Å². The Bertz CT molecular complexity index is 489. The van der Waals surface area contributed by atoms with Crippen LogP contribution in [0.5, 0.6) is 0 Å². The highest BCUT2D eigenvalue weighted by atomic mass is 19.2. The van der Waals surface area contributed by atoms with Gasteiger partial charge in [0.15, 0.2) is 11.6 Å². The van der Waals surface area contributed by atoms with Gasteiger partial charge in [0.25, 0.3) is 0 Å². The Morgan fingerprint density at radius 2 is 1.95 bits per heavy atom. The number of aliphatic hydroxyl groups is 1. The number of rotatable bonds is 5. The van der Waals surface area contributed by atoms with E-state index in [0.717, 1.165) is 12.1 Å². The van der Waals surface area contributed by atoms with Gasteiger partial charge in [0.05, 0.1) is 12.1 Å². The van der Waals surface area contributed by atoms with Crippen LogP contribution in [0.4, 0.5) is 8.78 Å². The first-order valence-electron chi connectivity index (χ1n) is 6.63. The molecule has 0 heterocycles. The number of carbonyl (C=O) groups is 1. The highest BCUT2D eigenvalue weighted by molar-refractivity contribution is 5.82. The summed E-state index contributed by atoms with van der Waals surface area (Å²) >= 11 is 0. The van der Waals surface area contributed by atoms with Gasteiger partial charge in [-0.05, 0) is 31.0 Å². The molecule has 0 unspecified atom stereocenters. The second-order valence-corrected chi connectivity index (χ2v) is 5.62. The van der Waals surface area contributed by atoms with Gasteiger partial charge in [-0.15, -0.1) is 0 Å². The van der Waals surface area contributed by atoms with Crippen molar-refractivity contribution in [1.82, 2.24) is 5.32 Å². The number of nitrogens with one attached hydrogen (secondary N) is 1. The number of hydrogen-bond donors (Lipinski definition) is 2. The second-order valence-electron chi connectivity index (χ2n) is 5.62. The summed E-state index contributed by atoms with van der Waals surface area (Å²) in [6.45, 7) is 7.13. The van der Waals surface area contributed by atoms with Crippen LogP contribution in [0.3, 0.4) is 0 Å². The smallest absolute Gasteiger partial charge is 0.225 e. The van der Waals surface area contributed by atoms with E-state index in [-0.39, 0.29) is 11.5 Å². The minimum absolute atomic E-state index is 0.186. The van der Waals surface area contributed by atoms with E-state index in [0.29, 0.717) is 6.42 Å². The van der Waals surface area contributed by atoms with Crippen molar-refractivity contribution < 1.29 is 18.7 Å². The molecule has 0 radical (unpaired) electrons. The number of carbonyl (C=O) groups excluding carboxylic acids is 1. The summed E-state index contributed by atoms with van der Waals surface area (Å²) in [7, 11) is 0. The quantitative estimate of drug-likeness (QED) is 0.874. The predicted octanol–water partition coefficient (Wildman–Crippen LogP) is 2.94. The molecule has 0 aliphatic rings. The van der Waals surface area contributed by atoms with Crippen LogP contribution in [-0.2, 0) is 4.79 Å². The van der Waals surface area contributed by atoms with Crippen molar-refractivity contribution in [2.75, 3.05) is 0 Å². The summed E-state index contributed by atoms with van der Waals surface area (Å²) in [4.78, 5) is 12.0. The molecule has 0 spiro atoms. The van der Waals surface area contributed by atoms with Crippen molar-refractivity contribution in [3.63, 3.8) is 0 Å². The van der Waals surface area contributed by atoms with Crippen molar-refractivity contribution in [3.05, 3.63) is 35.4 Å². The molecular weight excluding hydrogens is 264 g/mol. The van der Waals surface area contributed by atoms with Crippen LogP contribution in [-0.4, -0.2) is 17.1 Å². The molecule has 0 aliphatic carbocycles.